The van der Waals surface area contributed by atoms with Crippen LogP contribution in [0.3, 0.4) is 0 Å². The number of carbonyl (C=O) groups is 1. The molecule has 0 aliphatic carbocycles. The molecule has 3 atom stereocenters. The van der Waals surface area contributed by atoms with E-state index in [0.717, 1.165) is 69.4 Å². The van der Waals surface area contributed by atoms with Crippen LogP contribution in [0.2, 0.25) is 0 Å². The van der Waals surface area contributed by atoms with Gasteiger partial charge in [0.1, 0.15) is 17.4 Å². The van der Waals surface area contributed by atoms with Crippen LogP contribution in [-0.4, -0.2) is 124 Å². The summed E-state index contributed by atoms with van der Waals surface area (Å²) in [5.74, 6) is 1.31. The number of rotatable bonds is 10. The number of nitrogens with one attached hydrogen (secondary N) is 1. The normalized spacial score (nSPS) is 21.0. The Balaban J connectivity index is 0.989. The van der Waals surface area contributed by atoms with Crippen molar-refractivity contribution in [1.29, 1.82) is 0 Å². The second kappa shape index (κ2) is 13.1. The highest BCUT2D eigenvalue weighted by Gasteiger charge is 2.36. The molecule has 12 heteroatoms. The van der Waals surface area contributed by atoms with Gasteiger partial charge in [0.15, 0.2) is 5.82 Å². The SMILES string of the molecule is CC(C)C(C(=O)N1CCC(O)C1)c1cc(CCN(C)CCN2CCN3c4cc(-c5ccccc5O)nnc4NCC3C2)no1. The van der Waals surface area contributed by atoms with E-state index in [2.05, 4.69) is 42.4 Å². The van der Waals surface area contributed by atoms with E-state index >= 15 is 0 Å². The third kappa shape index (κ3) is 6.52. The molecule has 2 aromatic heterocycles. The van der Waals surface area contributed by atoms with Crippen molar-refractivity contribution < 1.29 is 19.5 Å². The number of aliphatic hydroxyl groups excluding tert-OH is 1. The van der Waals surface area contributed by atoms with Gasteiger partial charge < -0.3 is 34.8 Å². The Morgan fingerprint density at radius 2 is 1.98 bits per heavy atom. The number of nitrogens with zero attached hydrogens (tertiary/aromatic N) is 7. The minimum absolute atomic E-state index is 0.0111. The van der Waals surface area contributed by atoms with E-state index in [1.165, 1.54) is 0 Å². The molecule has 5 heterocycles. The van der Waals surface area contributed by atoms with Crippen LogP contribution in [-0.2, 0) is 11.2 Å². The summed E-state index contributed by atoms with van der Waals surface area (Å²) in [5, 5.41) is 36.7. The fourth-order valence-electron chi connectivity index (χ4n) is 6.57. The second-order valence-electron chi connectivity index (χ2n) is 12.7. The van der Waals surface area contributed by atoms with Crippen LogP contribution in [0.25, 0.3) is 11.3 Å². The van der Waals surface area contributed by atoms with Crippen molar-refractivity contribution in [2.24, 2.45) is 5.92 Å². The lowest BCUT2D eigenvalue weighted by molar-refractivity contribution is -0.133. The number of hydrogen-bond donors (Lipinski definition) is 3. The van der Waals surface area contributed by atoms with Crippen molar-refractivity contribution in [3.05, 3.63) is 47.9 Å². The Morgan fingerprint density at radius 1 is 1.14 bits per heavy atom. The van der Waals surface area contributed by atoms with Crippen LogP contribution < -0.4 is 10.2 Å². The third-order valence-electron chi connectivity index (χ3n) is 9.17. The Labute approximate surface area is 258 Å². The first-order chi connectivity index (χ1) is 21.3. The minimum Gasteiger partial charge on any atom is -0.507 e. The molecule has 0 saturated carbocycles. The molecule has 3 aliphatic heterocycles. The average molecular weight is 605 g/mol. The van der Waals surface area contributed by atoms with Gasteiger partial charge in [-0.3, -0.25) is 9.69 Å². The number of fused-ring (bicyclic) bond motifs is 3. The zero-order valence-electron chi connectivity index (χ0n) is 25.9. The number of piperazine rings is 1. The molecule has 0 bridgehead atoms. The monoisotopic (exact) mass is 604 g/mol. The molecule has 236 valence electrons. The summed E-state index contributed by atoms with van der Waals surface area (Å²) in [5.41, 5.74) is 3.26. The third-order valence-corrected chi connectivity index (χ3v) is 9.17. The van der Waals surface area contributed by atoms with E-state index in [4.69, 9.17) is 4.52 Å². The number of hydrogen-bond acceptors (Lipinski definition) is 11. The van der Waals surface area contributed by atoms with Crippen molar-refractivity contribution >= 4 is 17.4 Å². The van der Waals surface area contributed by atoms with Gasteiger partial charge in [0.2, 0.25) is 5.91 Å². The van der Waals surface area contributed by atoms with Crippen LogP contribution in [0.15, 0.2) is 40.9 Å². The number of aromatic hydroxyl groups is 1. The summed E-state index contributed by atoms with van der Waals surface area (Å²) in [6.45, 7) is 11.4. The van der Waals surface area contributed by atoms with Gasteiger partial charge in [0.05, 0.1) is 29.2 Å². The molecule has 0 spiro atoms. The number of β-amino-alcohol motifs (C(OH)–C–C–N with tert-alkyl or cyclic N) is 1. The Morgan fingerprint density at radius 3 is 2.75 bits per heavy atom. The van der Waals surface area contributed by atoms with Crippen LogP contribution in [0.5, 0.6) is 5.75 Å². The van der Waals surface area contributed by atoms with Crippen molar-refractivity contribution in [1.82, 2.24) is 30.1 Å². The zero-order valence-corrected chi connectivity index (χ0v) is 25.9. The van der Waals surface area contributed by atoms with Gasteiger partial charge in [-0.1, -0.05) is 31.1 Å². The predicted molar refractivity (Wildman–Crippen MR) is 168 cm³/mol. The lowest BCUT2D eigenvalue weighted by atomic mass is 9.91. The molecule has 44 heavy (non-hydrogen) atoms. The highest BCUT2D eigenvalue weighted by molar-refractivity contribution is 5.83. The van der Waals surface area contributed by atoms with Crippen molar-refractivity contribution in [3.8, 4) is 17.0 Å². The Hall–Kier alpha value is -3.74. The summed E-state index contributed by atoms with van der Waals surface area (Å²) < 4.78 is 5.68. The number of likely N-dealkylation sites (N-methyl/N-ethyl adjacent to an activating group) is 1. The molecule has 12 nitrogen and oxygen atoms in total. The highest BCUT2D eigenvalue weighted by atomic mass is 16.5. The highest BCUT2D eigenvalue weighted by Crippen LogP contribution is 2.36. The largest absolute Gasteiger partial charge is 0.507 e. The van der Waals surface area contributed by atoms with E-state index in [0.29, 0.717) is 42.6 Å². The maximum atomic E-state index is 13.2. The number of likely N-dealkylation sites (tertiary alicyclic amines) is 1. The van der Waals surface area contributed by atoms with E-state index in [1.807, 2.05) is 38.1 Å². The van der Waals surface area contributed by atoms with Crippen molar-refractivity contribution in [2.45, 2.75) is 44.8 Å². The summed E-state index contributed by atoms with van der Waals surface area (Å²) >= 11 is 0. The fourth-order valence-corrected chi connectivity index (χ4v) is 6.57. The molecule has 3 aliphatic rings. The lowest BCUT2D eigenvalue weighted by Crippen LogP contribution is -2.58. The molecule has 1 amide bonds. The molecule has 0 radical (unpaired) electrons. The predicted octanol–water partition coefficient (Wildman–Crippen LogP) is 2.26. The topological polar surface area (TPSA) is 134 Å². The molecule has 1 aromatic carbocycles. The quantitative estimate of drug-likeness (QED) is 0.315. The first-order valence-electron chi connectivity index (χ1n) is 15.8. The molecular formula is C32H44N8O4. The first kappa shape index (κ1) is 30.3. The molecule has 3 unspecified atom stereocenters. The zero-order chi connectivity index (χ0) is 30.8. The summed E-state index contributed by atoms with van der Waals surface area (Å²) in [6, 6.07) is 11.5. The molecule has 3 N–H and O–H groups in total. The number of amides is 1. The number of phenols is 1. The molecular weight excluding hydrogens is 560 g/mol. The number of aliphatic hydroxyl groups is 1. The Bertz CT molecular complexity index is 1450. The van der Waals surface area contributed by atoms with E-state index in [1.54, 1.807) is 17.0 Å². The summed E-state index contributed by atoms with van der Waals surface area (Å²) in [7, 11) is 2.13. The van der Waals surface area contributed by atoms with Gasteiger partial charge >= 0.3 is 0 Å². The number of benzene rings is 1. The van der Waals surface area contributed by atoms with E-state index in [-0.39, 0.29) is 23.5 Å². The number of anilines is 2. The first-order valence-corrected chi connectivity index (χ1v) is 15.8. The lowest BCUT2D eigenvalue weighted by Gasteiger charge is -2.46. The number of phenolic OH excluding ortho intramolecular Hbond substituents is 1. The van der Waals surface area contributed by atoms with E-state index < -0.39 is 6.10 Å². The van der Waals surface area contributed by atoms with Crippen LogP contribution in [0.4, 0.5) is 11.5 Å². The summed E-state index contributed by atoms with van der Waals surface area (Å²) in [4.78, 5) is 22.2. The standard InChI is InChI=1S/C32H44N8O4/c1-21(2)30(32(43)39-11-9-24(41)20-39)29-16-22(36-44-29)8-10-37(3)12-13-38-14-15-40-23(19-38)18-33-31-27(40)17-26(34-35-31)25-6-4-5-7-28(25)42/h4-7,16-17,21,23-24,30,41-42H,8-15,18-20H2,1-3H3,(H,33,35). The molecule has 6 rings (SSSR count). The van der Waals surface area contributed by atoms with Gasteiger partial charge in [-0.15, -0.1) is 10.2 Å². The van der Waals surface area contributed by atoms with Gasteiger partial charge in [-0.2, -0.15) is 0 Å². The van der Waals surface area contributed by atoms with Gasteiger partial charge in [-0.25, -0.2) is 0 Å². The van der Waals surface area contributed by atoms with Gasteiger partial charge in [0.25, 0.3) is 0 Å². The molecule has 3 aromatic rings. The van der Waals surface area contributed by atoms with Crippen molar-refractivity contribution in [3.63, 3.8) is 0 Å². The van der Waals surface area contributed by atoms with E-state index in [9.17, 15) is 15.0 Å². The Kier molecular flexibility index (Phi) is 9.01. The van der Waals surface area contributed by atoms with Crippen LogP contribution in [0.1, 0.15) is 37.6 Å². The number of para-hydroxylation sites is 1. The minimum atomic E-state index is -0.438. The van der Waals surface area contributed by atoms with Gasteiger partial charge in [0, 0.05) is 77.0 Å². The van der Waals surface area contributed by atoms with Gasteiger partial charge in [-0.05, 0) is 37.6 Å². The number of carbonyl (C=O) groups excluding carboxylic acids is 1. The maximum Gasteiger partial charge on any atom is 0.233 e. The number of aromatic nitrogens is 3. The fraction of sp³-hybridized carbons (Fsp3) is 0.562. The summed E-state index contributed by atoms with van der Waals surface area (Å²) in [6.07, 6.45) is 0.938. The van der Waals surface area contributed by atoms with Crippen molar-refractivity contribution in [2.75, 3.05) is 76.2 Å². The second-order valence-corrected chi connectivity index (χ2v) is 12.7. The maximum absolute atomic E-state index is 13.2. The van der Waals surface area contributed by atoms with Crippen LogP contribution in [0, 0.1) is 5.92 Å². The average Bonchev–Trinajstić information content (AvgIpc) is 3.67. The molecule has 2 fully saturated rings. The smallest absolute Gasteiger partial charge is 0.233 e. The van der Waals surface area contributed by atoms with Crippen LogP contribution >= 0.6 is 0 Å². The molecule has 2 saturated heterocycles.